The molecule has 0 aliphatic heterocycles. The third-order valence-corrected chi connectivity index (χ3v) is 3.17. The number of nitriles is 1. The zero-order valence-electron chi connectivity index (χ0n) is 9.45. The average molecular weight is 352 g/mol. The van der Waals surface area contributed by atoms with Crippen molar-refractivity contribution in [3.05, 3.63) is 63.0 Å². The zero-order chi connectivity index (χ0) is 13.0. The van der Waals surface area contributed by atoms with Crippen LogP contribution in [0.15, 0.2) is 42.5 Å². The van der Waals surface area contributed by atoms with E-state index in [1.54, 1.807) is 0 Å². The van der Waals surface area contributed by atoms with Crippen molar-refractivity contribution in [3.63, 3.8) is 0 Å². The molecule has 2 aromatic carbocycles. The Kier molecular flexibility index (Phi) is 4.15. The van der Waals surface area contributed by atoms with Crippen LogP contribution in [0.3, 0.4) is 0 Å². The number of nitrogens with zero attached hydrogens (tertiary/aromatic N) is 1. The zero-order valence-corrected chi connectivity index (χ0v) is 11.6. The van der Waals surface area contributed by atoms with E-state index < -0.39 is 0 Å². The fourth-order valence-corrected chi connectivity index (χ4v) is 2.16. The summed E-state index contributed by atoms with van der Waals surface area (Å²) in [7, 11) is 0. The van der Waals surface area contributed by atoms with Crippen LogP contribution >= 0.6 is 22.6 Å². The SMILES string of the molecule is N#Cc1ccc(F)cc1CNc1cccc(I)c1. The summed E-state index contributed by atoms with van der Waals surface area (Å²) >= 11 is 2.23. The van der Waals surface area contributed by atoms with E-state index in [0.29, 0.717) is 17.7 Å². The normalized spacial score (nSPS) is 9.83. The van der Waals surface area contributed by atoms with Gasteiger partial charge in [0.05, 0.1) is 11.6 Å². The van der Waals surface area contributed by atoms with E-state index in [-0.39, 0.29) is 5.82 Å². The van der Waals surface area contributed by atoms with E-state index in [1.165, 1.54) is 18.2 Å². The largest absolute Gasteiger partial charge is 0.381 e. The number of hydrogen-bond donors (Lipinski definition) is 1. The monoisotopic (exact) mass is 352 g/mol. The van der Waals surface area contributed by atoms with Gasteiger partial charge in [0.25, 0.3) is 0 Å². The van der Waals surface area contributed by atoms with Gasteiger partial charge in [-0.05, 0) is 64.6 Å². The molecular formula is C14H10FIN2. The predicted octanol–water partition coefficient (Wildman–Crippen LogP) is 3.91. The van der Waals surface area contributed by atoms with E-state index in [2.05, 4.69) is 34.0 Å². The number of anilines is 1. The van der Waals surface area contributed by atoms with E-state index in [1.807, 2.05) is 24.3 Å². The van der Waals surface area contributed by atoms with Crippen LogP contribution in [-0.4, -0.2) is 0 Å². The molecule has 0 aliphatic carbocycles. The lowest BCUT2D eigenvalue weighted by Gasteiger charge is -2.08. The van der Waals surface area contributed by atoms with Crippen LogP contribution in [0.1, 0.15) is 11.1 Å². The minimum absolute atomic E-state index is 0.326. The maximum atomic E-state index is 13.1. The minimum Gasteiger partial charge on any atom is -0.381 e. The summed E-state index contributed by atoms with van der Waals surface area (Å²) in [5.74, 6) is -0.326. The van der Waals surface area contributed by atoms with Gasteiger partial charge in [-0.25, -0.2) is 4.39 Å². The van der Waals surface area contributed by atoms with Crippen LogP contribution in [0, 0.1) is 20.7 Å². The van der Waals surface area contributed by atoms with Gasteiger partial charge in [0, 0.05) is 15.8 Å². The van der Waals surface area contributed by atoms with Crippen molar-refractivity contribution in [1.82, 2.24) is 0 Å². The van der Waals surface area contributed by atoms with Gasteiger partial charge in [0.15, 0.2) is 0 Å². The van der Waals surface area contributed by atoms with Gasteiger partial charge >= 0.3 is 0 Å². The van der Waals surface area contributed by atoms with Crippen LogP contribution in [0.5, 0.6) is 0 Å². The molecule has 0 aliphatic rings. The van der Waals surface area contributed by atoms with Crippen molar-refractivity contribution >= 4 is 28.3 Å². The van der Waals surface area contributed by atoms with Gasteiger partial charge in [-0.1, -0.05) is 6.07 Å². The summed E-state index contributed by atoms with van der Waals surface area (Å²) in [5, 5.41) is 12.1. The van der Waals surface area contributed by atoms with E-state index in [0.717, 1.165) is 9.26 Å². The maximum Gasteiger partial charge on any atom is 0.123 e. The number of benzene rings is 2. The Balaban J connectivity index is 2.15. The molecule has 0 bridgehead atoms. The third-order valence-electron chi connectivity index (χ3n) is 2.50. The summed E-state index contributed by atoms with van der Waals surface area (Å²) in [6.45, 7) is 0.431. The van der Waals surface area contributed by atoms with E-state index in [4.69, 9.17) is 5.26 Å². The predicted molar refractivity (Wildman–Crippen MR) is 77.6 cm³/mol. The molecular weight excluding hydrogens is 342 g/mol. The van der Waals surface area contributed by atoms with E-state index >= 15 is 0 Å². The number of halogens is 2. The Labute approximate surface area is 119 Å². The molecule has 0 aromatic heterocycles. The Morgan fingerprint density at radius 1 is 1.22 bits per heavy atom. The summed E-state index contributed by atoms with van der Waals surface area (Å²) in [4.78, 5) is 0. The molecule has 0 saturated heterocycles. The third kappa shape index (κ3) is 3.20. The molecule has 1 N–H and O–H groups in total. The topological polar surface area (TPSA) is 35.8 Å². The van der Waals surface area contributed by atoms with Crippen LogP contribution in [0.4, 0.5) is 10.1 Å². The van der Waals surface area contributed by atoms with E-state index in [9.17, 15) is 4.39 Å². The van der Waals surface area contributed by atoms with Crippen molar-refractivity contribution in [2.75, 3.05) is 5.32 Å². The summed E-state index contributed by atoms with van der Waals surface area (Å²) in [6.07, 6.45) is 0. The van der Waals surface area contributed by atoms with Gasteiger partial charge in [-0.15, -0.1) is 0 Å². The first-order valence-electron chi connectivity index (χ1n) is 5.37. The second-order valence-corrected chi connectivity index (χ2v) is 5.02. The highest BCUT2D eigenvalue weighted by Gasteiger charge is 2.03. The Hall–Kier alpha value is -1.61. The highest BCUT2D eigenvalue weighted by molar-refractivity contribution is 14.1. The molecule has 0 fully saturated rings. The van der Waals surface area contributed by atoms with Crippen molar-refractivity contribution in [3.8, 4) is 6.07 Å². The second kappa shape index (κ2) is 5.83. The molecule has 2 aromatic rings. The van der Waals surface area contributed by atoms with Gasteiger partial charge < -0.3 is 5.32 Å². The lowest BCUT2D eigenvalue weighted by Crippen LogP contribution is -2.02. The Morgan fingerprint density at radius 2 is 2.06 bits per heavy atom. The summed E-state index contributed by atoms with van der Waals surface area (Å²) in [5.41, 5.74) is 2.11. The highest BCUT2D eigenvalue weighted by atomic mass is 127. The van der Waals surface area contributed by atoms with Crippen molar-refractivity contribution in [2.45, 2.75) is 6.54 Å². The van der Waals surface area contributed by atoms with Crippen LogP contribution in [0.2, 0.25) is 0 Å². The molecule has 0 unspecified atom stereocenters. The van der Waals surface area contributed by atoms with Crippen molar-refractivity contribution in [1.29, 1.82) is 5.26 Å². The number of rotatable bonds is 3. The maximum absolute atomic E-state index is 13.1. The number of hydrogen-bond acceptors (Lipinski definition) is 2. The molecule has 0 radical (unpaired) electrons. The highest BCUT2D eigenvalue weighted by Crippen LogP contribution is 2.16. The summed E-state index contributed by atoms with van der Waals surface area (Å²) < 4.78 is 14.3. The quantitative estimate of drug-likeness (QED) is 0.851. The number of nitrogens with one attached hydrogen (secondary N) is 1. The molecule has 2 nitrogen and oxygen atoms in total. The second-order valence-electron chi connectivity index (χ2n) is 3.78. The molecule has 0 amide bonds. The summed E-state index contributed by atoms with van der Waals surface area (Å²) in [6, 6.07) is 14.1. The van der Waals surface area contributed by atoms with Gasteiger partial charge in [0.2, 0.25) is 0 Å². The molecule has 90 valence electrons. The molecule has 18 heavy (non-hydrogen) atoms. The van der Waals surface area contributed by atoms with Gasteiger partial charge in [0.1, 0.15) is 5.82 Å². The molecule has 0 atom stereocenters. The molecule has 0 heterocycles. The lowest BCUT2D eigenvalue weighted by molar-refractivity contribution is 0.625. The van der Waals surface area contributed by atoms with Crippen LogP contribution < -0.4 is 5.32 Å². The molecule has 0 spiro atoms. The van der Waals surface area contributed by atoms with Crippen LogP contribution in [0.25, 0.3) is 0 Å². The van der Waals surface area contributed by atoms with Crippen molar-refractivity contribution in [2.24, 2.45) is 0 Å². The fraction of sp³-hybridized carbons (Fsp3) is 0.0714. The average Bonchev–Trinajstić information content (AvgIpc) is 2.37. The van der Waals surface area contributed by atoms with Crippen molar-refractivity contribution < 1.29 is 4.39 Å². The fourth-order valence-electron chi connectivity index (χ4n) is 1.61. The Bertz CT molecular complexity index is 605. The first-order valence-corrected chi connectivity index (χ1v) is 6.45. The lowest BCUT2D eigenvalue weighted by atomic mass is 10.1. The standard InChI is InChI=1S/C14H10FIN2/c15-12-5-4-10(8-17)11(6-12)9-18-14-3-1-2-13(16)7-14/h1-7,18H,9H2. The molecule has 2 rings (SSSR count). The molecule has 4 heteroatoms. The van der Waals surface area contributed by atoms with Gasteiger partial charge in [-0.3, -0.25) is 0 Å². The smallest absolute Gasteiger partial charge is 0.123 e. The first-order chi connectivity index (χ1) is 8.69. The first kappa shape index (κ1) is 12.8. The molecule has 0 saturated carbocycles. The minimum atomic E-state index is -0.326. The van der Waals surface area contributed by atoms with Crippen LogP contribution in [-0.2, 0) is 6.54 Å². The Morgan fingerprint density at radius 3 is 2.78 bits per heavy atom. The van der Waals surface area contributed by atoms with Gasteiger partial charge in [-0.2, -0.15) is 5.26 Å².